The van der Waals surface area contributed by atoms with Gasteiger partial charge in [-0.3, -0.25) is 14.0 Å². The number of amides is 1. The van der Waals surface area contributed by atoms with Crippen molar-refractivity contribution in [3.8, 4) is 11.3 Å². The first-order chi connectivity index (χ1) is 13.6. The Morgan fingerprint density at radius 3 is 2.64 bits per heavy atom. The summed E-state index contributed by atoms with van der Waals surface area (Å²) in [6, 6.07) is 6.06. The van der Waals surface area contributed by atoms with Gasteiger partial charge < -0.3 is 9.64 Å². The Hall–Kier alpha value is -2.74. The number of hydrogen-bond donors (Lipinski definition) is 0. The topological polar surface area (TPSA) is 63.9 Å². The fourth-order valence-electron chi connectivity index (χ4n) is 3.55. The van der Waals surface area contributed by atoms with Crippen LogP contribution in [0.25, 0.3) is 16.2 Å². The molecule has 0 aliphatic carbocycles. The Kier molecular flexibility index (Phi) is 5.13. The summed E-state index contributed by atoms with van der Waals surface area (Å²) in [7, 11) is 0. The molecule has 1 aliphatic rings. The molecule has 1 saturated heterocycles. The molecule has 2 aromatic heterocycles. The monoisotopic (exact) mass is 401 g/mol. The molecule has 0 bridgehead atoms. The summed E-state index contributed by atoms with van der Waals surface area (Å²) in [5, 5.41) is 1.90. The molecule has 0 radical (unpaired) electrons. The largest absolute Gasteiger partial charge is 0.466 e. The highest BCUT2D eigenvalue weighted by Gasteiger charge is 2.31. The second-order valence-electron chi connectivity index (χ2n) is 6.69. The Morgan fingerprint density at radius 1 is 1.25 bits per heavy atom. The number of halogens is 1. The first-order valence-electron chi connectivity index (χ1n) is 9.26. The summed E-state index contributed by atoms with van der Waals surface area (Å²) < 4.78 is 20.3. The Labute approximate surface area is 165 Å². The van der Waals surface area contributed by atoms with Crippen LogP contribution in [0.4, 0.5) is 4.39 Å². The molecule has 0 atom stereocenters. The first-order valence-corrected chi connectivity index (χ1v) is 10.1. The SMILES string of the molecule is CCOC(=O)C1CCN(C(=O)c2nc3sccn3c2-c2ccc(F)cc2)CC1. The van der Waals surface area contributed by atoms with E-state index in [0.29, 0.717) is 48.9 Å². The van der Waals surface area contributed by atoms with E-state index in [9.17, 15) is 14.0 Å². The minimum Gasteiger partial charge on any atom is -0.466 e. The van der Waals surface area contributed by atoms with Gasteiger partial charge >= 0.3 is 5.97 Å². The van der Waals surface area contributed by atoms with Crippen molar-refractivity contribution >= 4 is 28.2 Å². The molecule has 8 heteroatoms. The fraction of sp³-hybridized carbons (Fsp3) is 0.350. The van der Waals surface area contributed by atoms with Crippen LogP contribution in [0.1, 0.15) is 30.3 Å². The zero-order valence-corrected chi connectivity index (χ0v) is 16.2. The molecule has 1 aromatic carbocycles. The Bertz CT molecular complexity index is 1000. The van der Waals surface area contributed by atoms with Gasteiger partial charge in [0, 0.05) is 30.2 Å². The van der Waals surface area contributed by atoms with E-state index in [4.69, 9.17) is 4.74 Å². The lowest BCUT2D eigenvalue weighted by Crippen LogP contribution is -2.41. The molecular weight excluding hydrogens is 381 g/mol. The van der Waals surface area contributed by atoms with Crippen LogP contribution < -0.4 is 0 Å². The lowest BCUT2D eigenvalue weighted by molar-refractivity contribution is -0.149. The van der Waals surface area contributed by atoms with Crippen LogP contribution in [-0.4, -0.2) is 45.9 Å². The van der Waals surface area contributed by atoms with Crippen molar-refractivity contribution in [1.29, 1.82) is 0 Å². The predicted octanol–water partition coefficient (Wildman–Crippen LogP) is 3.62. The third-order valence-electron chi connectivity index (χ3n) is 4.98. The number of ether oxygens (including phenoxy) is 1. The highest BCUT2D eigenvalue weighted by molar-refractivity contribution is 7.15. The highest BCUT2D eigenvalue weighted by Crippen LogP contribution is 2.30. The average Bonchev–Trinajstić information content (AvgIpc) is 3.30. The Balaban J connectivity index is 1.60. The first kappa shape index (κ1) is 18.6. The number of likely N-dealkylation sites (tertiary alicyclic amines) is 1. The van der Waals surface area contributed by atoms with Crippen LogP contribution in [0.5, 0.6) is 0 Å². The van der Waals surface area contributed by atoms with Crippen molar-refractivity contribution in [3.63, 3.8) is 0 Å². The van der Waals surface area contributed by atoms with E-state index in [-0.39, 0.29) is 23.6 Å². The van der Waals surface area contributed by atoms with Gasteiger partial charge in [0.15, 0.2) is 10.7 Å². The zero-order valence-electron chi connectivity index (χ0n) is 15.4. The quantitative estimate of drug-likeness (QED) is 0.627. The average molecular weight is 401 g/mol. The van der Waals surface area contributed by atoms with Crippen molar-refractivity contribution in [3.05, 3.63) is 47.4 Å². The van der Waals surface area contributed by atoms with E-state index < -0.39 is 0 Å². The predicted molar refractivity (Wildman–Crippen MR) is 104 cm³/mol. The standard InChI is InChI=1S/C20H20FN3O3S/c1-2-27-19(26)14-7-9-23(10-8-14)18(25)16-17(13-3-5-15(21)6-4-13)24-11-12-28-20(24)22-16/h3-6,11-12,14H,2,7-10H2,1H3. The summed E-state index contributed by atoms with van der Waals surface area (Å²) in [5.41, 5.74) is 1.75. The number of thiazole rings is 1. The number of piperidine rings is 1. The van der Waals surface area contributed by atoms with E-state index in [1.807, 2.05) is 16.0 Å². The maximum Gasteiger partial charge on any atom is 0.309 e. The number of fused-ring (bicyclic) bond motifs is 1. The van der Waals surface area contributed by atoms with Gasteiger partial charge in [0.1, 0.15) is 5.82 Å². The van der Waals surface area contributed by atoms with E-state index in [1.165, 1.54) is 23.5 Å². The molecule has 0 unspecified atom stereocenters. The van der Waals surface area contributed by atoms with Gasteiger partial charge in [0.25, 0.3) is 5.91 Å². The molecule has 1 fully saturated rings. The van der Waals surface area contributed by atoms with Gasteiger partial charge in [-0.05, 0) is 44.0 Å². The molecule has 1 amide bonds. The number of carbonyl (C=O) groups is 2. The fourth-order valence-corrected chi connectivity index (χ4v) is 4.26. The molecule has 3 aromatic rings. The molecule has 3 heterocycles. The van der Waals surface area contributed by atoms with Crippen LogP contribution in [0.3, 0.4) is 0 Å². The third-order valence-corrected chi connectivity index (χ3v) is 5.74. The maximum absolute atomic E-state index is 13.4. The van der Waals surface area contributed by atoms with Gasteiger partial charge in [-0.15, -0.1) is 11.3 Å². The van der Waals surface area contributed by atoms with E-state index >= 15 is 0 Å². The van der Waals surface area contributed by atoms with E-state index in [1.54, 1.807) is 24.0 Å². The molecule has 28 heavy (non-hydrogen) atoms. The lowest BCUT2D eigenvalue weighted by atomic mass is 9.96. The van der Waals surface area contributed by atoms with Gasteiger partial charge in [-0.2, -0.15) is 0 Å². The summed E-state index contributed by atoms with van der Waals surface area (Å²) in [6.45, 7) is 3.12. The number of nitrogens with zero attached hydrogens (tertiary/aromatic N) is 3. The van der Waals surface area contributed by atoms with Crippen LogP contribution in [0.15, 0.2) is 35.8 Å². The van der Waals surface area contributed by atoms with Gasteiger partial charge in [-0.25, -0.2) is 9.37 Å². The van der Waals surface area contributed by atoms with E-state index in [2.05, 4.69) is 4.98 Å². The number of rotatable bonds is 4. The Morgan fingerprint density at radius 2 is 1.96 bits per heavy atom. The lowest BCUT2D eigenvalue weighted by Gasteiger charge is -2.30. The molecule has 1 aliphatic heterocycles. The third kappa shape index (κ3) is 3.40. The molecular formula is C20H20FN3O3S. The second kappa shape index (κ2) is 7.71. The summed E-state index contributed by atoms with van der Waals surface area (Å²) in [4.78, 5) is 32.1. The second-order valence-corrected chi connectivity index (χ2v) is 7.56. The van der Waals surface area contributed by atoms with Crippen LogP contribution in [-0.2, 0) is 9.53 Å². The number of imidazole rings is 1. The van der Waals surface area contributed by atoms with Crippen LogP contribution in [0, 0.1) is 11.7 Å². The normalized spacial score (nSPS) is 15.1. The highest BCUT2D eigenvalue weighted by atomic mass is 32.1. The van der Waals surface area contributed by atoms with Crippen molar-refractivity contribution < 1.29 is 18.7 Å². The van der Waals surface area contributed by atoms with E-state index in [0.717, 1.165) is 5.56 Å². The molecule has 0 saturated carbocycles. The molecule has 0 N–H and O–H groups in total. The van der Waals surface area contributed by atoms with Gasteiger partial charge in [-0.1, -0.05) is 0 Å². The number of carbonyl (C=O) groups excluding carboxylic acids is 2. The molecule has 146 valence electrons. The van der Waals surface area contributed by atoms with Crippen molar-refractivity contribution in [2.45, 2.75) is 19.8 Å². The molecule has 4 rings (SSSR count). The molecule has 6 nitrogen and oxygen atoms in total. The van der Waals surface area contributed by atoms with Crippen molar-refractivity contribution in [2.75, 3.05) is 19.7 Å². The smallest absolute Gasteiger partial charge is 0.309 e. The number of esters is 1. The number of aromatic nitrogens is 2. The van der Waals surface area contributed by atoms with Crippen LogP contribution in [0.2, 0.25) is 0 Å². The van der Waals surface area contributed by atoms with Crippen LogP contribution >= 0.6 is 11.3 Å². The summed E-state index contributed by atoms with van der Waals surface area (Å²) in [5.74, 6) is -0.851. The number of benzene rings is 1. The van der Waals surface area contributed by atoms with Gasteiger partial charge in [0.05, 0.1) is 18.2 Å². The van der Waals surface area contributed by atoms with Crippen molar-refractivity contribution in [2.24, 2.45) is 5.92 Å². The summed E-state index contributed by atoms with van der Waals surface area (Å²) in [6.07, 6.45) is 3.02. The maximum atomic E-state index is 13.4. The minimum absolute atomic E-state index is 0.161. The van der Waals surface area contributed by atoms with Gasteiger partial charge in [0.2, 0.25) is 0 Å². The molecule has 0 spiro atoms. The summed E-state index contributed by atoms with van der Waals surface area (Å²) >= 11 is 1.44. The van der Waals surface area contributed by atoms with Crippen molar-refractivity contribution in [1.82, 2.24) is 14.3 Å². The number of hydrogen-bond acceptors (Lipinski definition) is 5. The zero-order chi connectivity index (χ0) is 19.7. The minimum atomic E-state index is -0.330.